The molecule has 19 heavy (non-hydrogen) atoms. The van der Waals surface area contributed by atoms with Crippen molar-refractivity contribution < 1.29 is 4.74 Å². The second-order valence-electron chi connectivity index (χ2n) is 5.97. The van der Waals surface area contributed by atoms with Crippen LogP contribution in [0.5, 0.6) is 6.01 Å². The summed E-state index contributed by atoms with van der Waals surface area (Å²) in [5.74, 6) is 6.20. The Morgan fingerprint density at radius 3 is 2.37 bits per heavy atom. The van der Waals surface area contributed by atoms with Gasteiger partial charge in [-0.3, -0.25) is 5.43 Å². The van der Waals surface area contributed by atoms with Crippen LogP contribution in [0, 0.1) is 5.41 Å². The van der Waals surface area contributed by atoms with Gasteiger partial charge in [0, 0.05) is 13.6 Å². The molecular weight excluding hydrogens is 244 g/mol. The van der Waals surface area contributed by atoms with Crippen molar-refractivity contribution in [2.45, 2.75) is 40.7 Å². The smallest absolute Gasteiger partial charge is 0.323 e. The predicted octanol–water partition coefficient (Wildman–Crippen LogP) is 1.43. The van der Waals surface area contributed by atoms with Crippen molar-refractivity contribution in [3.63, 3.8) is 0 Å². The number of nitrogens with zero attached hydrogens (tertiary/aromatic N) is 4. The van der Waals surface area contributed by atoms with Crippen LogP contribution < -0.4 is 20.9 Å². The summed E-state index contributed by atoms with van der Waals surface area (Å²) < 4.78 is 5.49. The van der Waals surface area contributed by atoms with Crippen LogP contribution in [0.1, 0.15) is 34.6 Å². The Labute approximate surface area is 114 Å². The van der Waals surface area contributed by atoms with Crippen LogP contribution in [0.4, 0.5) is 11.9 Å². The molecule has 0 amide bonds. The first-order valence-corrected chi connectivity index (χ1v) is 6.32. The molecule has 1 rings (SSSR count). The molecule has 7 nitrogen and oxygen atoms in total. The lowest BCUT2D eigenvalue weighted by Crippen LogP contribution is -2.31. The summed E-state index contributed by atoms with van der Waals surface area (Å²) >= 11 is 0. The van der Waals surface area contributed by atoms with Crippen LogP contribution in [-0.4, -0.2) is 34.6 Å². The van der Waals surface area contributed by atoms with Gasteiger partial charge in [-0.05, 0) is 19.3 Å². The summed E-state index contributed by atoms with van der Waals surface area (Å²) in [5, 5.41) is 0. The van der Waals surface area contributed by atoms with Crippen molar-refractivity contribution >= 4 is 11.9 Å². The van der Waals surface area contributed by atoms with Gasteiger partial charge in [0.05, 0.1) is 6.10 Å². The van der Waals surface area contributed by atoms with Gasteiger partial charge in [0.2, 0.25) is 11.9 Å². The predicted molar refractivity (Wildman–Crippen MR) is 76.1 cm³/mol. The number of nitrogens with one attached hydrogen (secondary N) is 1. The van der Waals surface area contributed by atoms with E-state index in [0.717, 1.165) is 6.54 Å². The highest BCUT2D eigenvalue weighted by Crippen LogP contribution is 2.20. The average Bonchev–Trinajstić information content (AvgIpc) is 2.25. The second kappa shape index (κ2) is 6.01. The summed E-state index contributed by atoms with van der Waals surface area (Å²) in [4.78, 5) is 14.5. The molecule has 0 unspecified atom stereocenters. The summed E-state index contributed by atoms with van der Waals surface area (Å²) in [6, 6.07) is 0.272. The fourth-order valence-corrected chi connectivity index (χ4v) is 1.63. The van der Waals surface area contributed by atoms with E-state index in [1.807, 2.05) is 25.8 Å². The van der Waals surface area contributed by atoms with E-state index >= 15 is 0 Å². The van der Waals surface area contributed by atoms with Gasteiger partial charge < -0.3 is 9.64 Å². The molecule has 0 radical (unpaired) electrons. The van der Waals surface area contributed by atoms with E-state index in [-0.39, 0.29) is 17.5 Å². The second-order valence-corrected chi connectivity index (χ2v) is 5.97. The molecule has 1 aromatic heterocycles. The molecule has 0 fully saturated rings. The van der Waals surface area contributed by atoms with E-state index < -0.39 is 0 Å². The van der Waals surface area contributed by atoms with Crippen LogP contribution in [0.25, 0.3) is 0 Å². The molecule has 0 bridgehead atoms. The minimum atomic E-state index is -0.00574. The number of nitrogen functional groups attached to an aromatic ring is 1. The van der Waals surface area contributed by atoms with Gasteiger partial charge in [0.25, 0.3) is 0 Å². The largest absolute Gasteiger partial charge is 0.461 e. The fraction of sp³-hybridized carbons (Fsp3) is 0.750. The van der Waals surface area contributed by atoms with Gasteiger partial charge in [-0.2, -0.15) is 15.0 Å². The van der Waals surface area contributed by atoms with Crippen LogP contribution in [0.15, 0.2) is 0 Å². The first-order chi connectivity index (χ1) is 8.71. The zero-order chi connectivity index (χ0) is 14.6. The lowest BCUT2D eigenvalue weighted by atomic mass is 9.96. The summed E-state index contributed by atoms with van der Waals surface area (Å²) in [5.41, 5.74) is 2.57. The lowest BCUT2D eigenvalue weighted by Gasteiger charge is -2.26. The summed E-state index contributed by atoms with van der Waals surface area (Å²) in [6.45, 7) is 11.1. The monoisotopic (exact) mass is 268 g/mol. The number of nitrogens with two attached hydrogens (primary N) is 1. The van der Waals surface area contributed by atoms with Gasteiger partial charge in [-0.25, -0.2) is 5.84 Å². The zero-order valence-corrected chi connectivity index (χ0v) is 12.6. The molecule has 0 aromatic carbocycles. The number of aromatic nitrogens is 3. The van der Waals surface area contributed by atoms with E-state index in [9.17, 15) is 0 Å². The quantitative estimate of drug-likeness (QED) is 0.616. The molecule has 0 aliphatic carbocycles. The number of hydrogen-bond donors (Lipinski definition) is 2. The minimum absolute atomic E-state index is 0.00574. The van der Waals surface area contributed by atoms with Gasteiger partial charge in [-0.15, -0.1) is 0 Å². The van der Waals surface area contributed by atoms with Crippen LogP contribution >= 0.6 is 0 Å². The van der Waals surface area contributed by atoms with Crippen LogP contribution in [0.3, 0.4) is 0 Å². The maximum Gasteiger partial charge on any atom is 0.323 e. The van der Waals surface area contributed by atoms with Gasteiger partial charge >= 0.3 is 6.01 Å². The number of hydrazine groups is 1. The molecule has 0 aliphatic heterocycles. The first-order valence-electron chi connectivity index (χ1n) is 6.32. The molecular formula is C12H24N6O. The Morgan fingerprint density at radius 1 is 1.26 bits per heavy atom. The molecule has 0 atom stereocenters. The van der Waals surface area contributed by atoms with Crippen LogP contribution in [0.2, 0.25) is 0 Å². The number of rotatable bonds is 5. The van der Waals surface area contributed by atoms with Gasteiger partial charge in [-0.1, -0.05) is 20.8 Å². The Balaban J connectivity index is 2.99. The lowest BCUT2D eigenvalue weighted by molar-refractivity contribution is 0.222. The Bertz CT molecular complexity index is 415. The number of hydrogen-bond acceptors (Lipinski definition) is 7. The Kier molecular flexibility index (Phi) is 4.88. The third-order valence-electron chi connectivity index (χ3n) is 2.13. The molecule has 108 valence electrons. The molecule has 1 aromatic rings. The third-order valence-corrected chi connectivity index (χ3v) is 2.13. The minimum Gasteiger partial charge on any atom is -0.461 e. The first kappa shape index (κ1) is 15.4. The molecule has 1 heterocycles. The van der Waals surface area contributed by atoms with Crippen molar-refractivity contribution in [3.05, 3.63) is 0 Å². The van der Waals surface area contributed by atoms with E-state index in [1.165, 1.54) is 0 Å². The highest BCUT2D eigenvalue weighted by Gasteiger charge is 2.17. The average molecular weight is 268 g/mol. The Morgan fingerprint density at radius 2 is 1.89 bits per heavy atom. The van der Waals surface area contributed by atoms with Crippen molar-refractivity contribution in [1.82, 2.24) is 15.0 Å². The van der Waals surface area contributed by atoms with E-state index in [4.69, 9.17) is 10.6 Å². The highest BCUT2D eigenvalue weighted by molar-refractivity contribution is 5.37. The molecule has 3 N–H and O–H groups in total. The Hall–Kier alpha value is -1.63. The van der Waals surface area contributed by atoms with E-state index in [2.05, 4.69) is 41.1 Å². The summed E-state index contributed by atoms with van der Waals surface area (Å²) in [6.07, 6.45) is -0.00574. The number of anilines is 2. The normalized spacial score (nSPS) is 11.6. The maximum absolute atomic E-state index is 5.49. The molecule has 0 aliphatic rings. The van der Waals surface area contributed by atoms with Crippen molar-refractivity contribution in [1.29, 1.82) is 0 Å². The highest BCUT2D eigenvalue weighted by atomic mass is 16.5. The number of ether oxygens (including phenoxy) is 1. The van der Waals surface area contributed by atoms with Crippen molar-refractivity contribution in [3.8, 4) is 6.01 Å². The standard InChI is InChI=1S/C12H24N6O/c1-8(2)19-11-15-9(17-13)14-10(16-11)18(6)7-12(3,4)5/h8H,7,13H2,1-6H3,(H,14,15,16,17). The molecule has 0 saturated carbocycles. The van der Waals surface area contributed by atoms with Crippen LogP contribution in [-0.2, 0) is 0 Å². The van der Waals surface area contributed by atoms with E-state index in [0.29, 0.717) is 11.9 Å². The van der Waals surface area contributed by atoms with E-state index in [1.54, 1.807) is 0 Å². The molecule has 0 spiro atoms. The maximum atomic E-state index is 5.49. The fourth-order valence-electron chi connectivity index (χ4n) is 1.63. The van der Waals surface area contributed by atoms with Crippen molar-refractivity contribution in [2.24, 2.45) is 11.3 Å². The van der Waals surface area contributed by atoms with Crippen molar-refractivity contribution in [2.75, 3.05) is 23.9 Å². The topological polar surface area (TPSA) is 89.2 Å². The summed E-state index contributed by atoms with van der Waals surface area (Å²) in [7, 11) is 1.93. The molecule has 0 saturated heterocycles. The molecule has 7 heteroatoms. The SMILES string of the molecule is CC(C)Oc1nc(NN)nc(N(C)CC(C)(C)C)n1. The van der Waals surface area contributed by atoms with Gasteiger partial charge in [0.1, 0.15) is 0 Å². The third kappa shape index (κ3) is 5.25. The zero-order valence-electron chi connectivity index (χ0n) is 12.6. The van der Waals surface area contributed by atoms with Gasteiger partial charge in [0.15, 0.2) is 0 Å².